The summed E-state index contributed by atoms with van der Waals surface area (Å²) in [6.07, 6.45) is 0.635. The van der Waals surface area contributed by atoms with E-state index in [0.29, 0.717) is 37.6 Å². The second kappa shape index (κ2) is 10.9. The maximum atomic E-state index is 12.5. The summed E-state index contributed by atoms with van der Waals surface area (Å²) in [4.78, 5) is 17.3. The molecule has 4 aromatic rings. The van der Waals surface area contributed by atoms with E-state index in [1.165, 1.54) is 11.1 Å². The maximum Gasteiger partial charge on any atom is 0.251 e. The van der Waals surface area contributed by atoms with Crippen LogP contribution in [0.2, 0.25) is 0 Å². The number of halogens is 1. The minimum Gasteiger partial charge on any atom is -0.491 e. The van der Waals surface area contributed by atoms with Gasteiger partial charge in [-0.1, -0.05) is 60.1 Å². The SMILES string of the molecule is Cc1ccc(C(C)C)c(OCCn2c(CCNC(=O)c3cccc(Br)c3)nc3ccccc32)c1. The fourth-order valence-corrected chi connectivity index (χ4v) is 4.48. The molecular formula is C28H30BrN3O2. The molecule has 1 N–H and O–H groups in total. The molecule has 5 nitrogen and oxygen atoms in total. The first-order chi connectivity index (χ1) is 16.4. The van der Waals surface area contributed by atoms with Crippen LogP contribution in [-0.2, 0) is 13.0 Å². The first kappa shape index (κ1) is 24.0. The van der Waals surface area contributed by atoms with E-state index in [9.17, 15) is 4.79 Å². The van der Waals surface area contributed by atoms with Crippen molar-refractivity contribution in [2.75, 3.05) is 13.2 Å². The molecule has 3 aromatic carbocycles. The number of hydrogen-bond donors (Lipinski definition) is 1. The van der Waals surface area contributed by atoms with Crippen molar-refractivity contribution in [3.05, 3.63) is 93.7 Å². The van der Waals surface area contributed by atoms with Crippen molar-refractivity contribution >= 4 is 32.9 Å². The van der Waals surface area contributed by atoms with Gasteiger partial charge < -0.3 is 14.6 Å². The average molecular weight is 520 g/mol. The zero-order valence-electron chi connectivity index (χ0n) is 19.8. The van der Waals surface area contributed by atoms with Crippen LogP contribution >= 0.6 is 15.9 Å². The van der Waals surface area contributed by atoms with Crippen LogP contribution in [0.1, 0.15) is 47.1 Å². The molecule has 0 fully saturated rings. The van der Waals surface area contributed by atoms with Gasteiger partial charge in [0.2, 0.25) is 0 Å². The quantitative estimate of drug-likeness (QED) is 0.283. The fraction of sp³-hybridized carbons (Fsp3) is 0.286. The Labute approximate surface area is 209 Å². The van der Waals surface area contributed by atoms with Gasteiger partial charge in [-0.05, 0) is 60.4 Å². The van der Waals surface area contributed by atoms with E-state index in [1.54, 1.807) is 0 Å². The van der Waals surface area contributed by atoms with E-state index in [1.807, 2.05) is 42.5 Å². The van der Waals surface area contributed by atoms with Gasteiger partial charge in [-0.2, -0.15) is 0 Å². The van der Waals surface area contributed by atoms with Gasteiger partial charge in [0.15, 0.2) is 0 Å². The third-order valence-electron chi connectivity index (χ3n) is 5.82. The van der Waals surface area contributed by atoms with Crippen molar-refractivity contribution in [1.82, 2.24) is 14.9 Å². The minimum atomic E-state index is -0.0899. The average Bonchev–Trinajstić information content (AvgIpc) is 3.16. The van der Waals surface area contributed by atoms with Gasteiger partial charge in [0, 0.05) is 23.0 Å². The summed E-state index contributed by atoms with van der Waals surface area (Å²) in [5.41, 5.74) is 5.07. The van der Waals surface area contributed by atoms with Crippen LogP contribution in [0.15, 0.2) is 71.2 Å². The number of para-hydroxylation sites is 2. The summed E-state index contributed by atoms with van der Waals surface area (Å²) >= 11 is 3.42. The lowest BCUT2D eigenvalue weighted by Gasteiger charge is -2.16. The van der Waals surface area contributed by atoms with E-state index < -0.39 is 0 Å². The largest absolute Gasteiger partial charge is 0.491 e. The normalized spacial score (nSPS) is 11.2. The number of rotatable bonds is 9. The highest BCUT2D eigenvalue weighted by atomic mass is 79.9. The van der Waals surface area contributed by atoms with Crippen LogP contribution in [0.4, 0.5) is 0 Å². The first-order valence-electron chi connectivity index (χ1n) is 11.6. The second-order valence-corrected chi connectivity index (χ2v) is 9.64. The summed E-state index contributed by atoms with van der Waals surface area (Å²) in [7, 11) is 0. The highest BCUT2D eigenvalue weighted by molar-refractivity contribution is 9.10. The van der Waals surface area contributed by atoms with Gasteiger partial charge in [-0.3, -0.25) is 4.79 Å². The predicted molar refractivity (Wildman–Crippen MR) is 141 cm³/mol. The molecule has 4 rings (SSSR count). The topological polar surface area (TPSA) is 56.1 Å². The summed E-state index contributed by atoms with van der Waals surface area (Å²) in [6, 6.07) is 21.9. The van der Waals surface area contributed by atoms with E-state index in [0.717, 1.165) is 27.1 Å². The molecule has 0 unspecified atom stereocenters. The van der Waals surface area contributed by atoms with Crippen molar-refractivity contribution in [2.24, 2.45) is 0 Å². The van der Waals surface area contributed by atoms with Crippen molar-refractivity contribution in [3.8, 4) is 5.75 Å². The summed E-state index contributed by atoms with van der Waals surface area (Å²) < 4.78 is 9.33. The molecule has 1 heterocycles. The van der Waals surface area contributed by atoms with Crippen LogP contribution in [-0.4, -0.2) is 28.6 Å². The van der Waals surface area contributed by atoms with Crippen LogP contribution in [0.5, 0.6) is 5.75 Å². The number of ether oxygens (including phenoxy) is 1. The molecular weight excluding hydrogens is 490 g/mol. The van der Waals surface area contributed by atoms with Crippen molar-refractivity contribution < 1.29 is 9.53 Å². The zero-order valence-corrected chi connectivity index (χ0v) is 21.4. The predicted octanol–water partition coefficient (Wildman–Crippen LogP) is 6.28. The maximum absolute atomic E-state index is 12.5. The van der Waals surface area contributed by atoms with Crippen LogP contribution in [0.3, 0.4) is 0 Å². The number of carbonyl (C=O) groups excluding carboxylic acids is 1. The highest BCUT2D eigenvalue weighted by Crippen LogP contribution is 2.27. The molecule has 176 valence electrons. The Morgan fingerprint density at radius 3 is 2.71 bits per heavy atom. The van der Waals surface area contributed by atoms with Crippen molar-refractivity contribution in [3.63, 3.8) is 0 Å². The molecule has 6 heteroatoms. The lowest BCUT2D eigenvalue weighted by atomic mass is 10.0. The van der Waals surface area contributed by atoms with Crippen LogP contribution < -0.4 is 10.1 Å². The molecule has 0 atom stereocenters. The van der Waals surface area contributed by atoms with Crippen LogP contribution in [0, 0.1) is 6.92 Å². The third-order valence-corrected chi connectivity index (χ3v) is 6.31. The first-order valence-corrected chi connectivity index (χ1v) is 12.4. The van der Waals surface area contributed by atoms with Crippen LogP contribution in [0.25, 0.3) is 11.0 Å². The molecule has 0 bridgehead atoms. The van der Waals surface area contributed by atoms with Gasteiger partial charge >= 0.3 is 0 Å². The Bertz CT molecular complexity index is 1300. The van der Waals surface area contributed by atoms with Gasteiger partial charge in [0.1, 0.15) is 18.2 Å². The lowest BCUT2D eigenvalue weighted by Crippen LogP contribution is -2.26. The number of imidazole rings is 1. The molecule has 0 aliphatic rings. The molecule has 0 aliphatic heterocycles. The molecule has 0 saturated carbocycles. The summed E-state index contributed by atoms with van der Waals surface area (Å²) in [6.45, 7) is 8.18. The molecule has 0 saturated heterocycles. The summed E-state index contributed by atoms with van der Waals surface area (Å²) in [5, 5.41) is 3.01. The Balaban J connectivity index is 1.45. The molecule has 1 aromatic heterocycles. The monoisotopic (exact) mass is 519 g/mol. The van der Waals surface area contributed by atoms with Gasteiger partial charge in [-0.25, -0.2) is 4.98 Å². The van der Waals surface area contributed by atoms with Gasteiger partial charge in [0.05, 0.1) is 17.6 Å². The van der Waals surface area contributed by atoms with Crippen molar-refractivity contribution in [1.29, 1.82) is 0 Å². The van der Waals surface area contributed by atoms with Crippen molar-refractivity contribution in [2.45, 2.75) is 39.7 Å². The zero-order chi connectivity index (χ0) is 24.1. The number of nitrogens with zero attached hydrogens (tertiary/aromatic N) is 2. The molecule has 34 heavy (non-hydrogen) atoms. The number of aromatic nitrogens is 2. The minimum absolute atomic E-state index is 0.0899. The smallest absolute Gasteiger partial charge is 0.251 e. The number of carbonyl (C=O) groups is 1. The van der Waals surface area contributed by atoms with Gasteiger partial charge in [0.25, 0.3) is 5.91 Å². The van der Waals surface area contributed by atoms with E-state index >= 15 is 0 Å². The molecule has 0 radical (unpaired) electrons. The lowest BCUT2D eigenvalue weighted by molar-refractivity contribution is 0.0954. The van der Waals surface area contributed by atoms with Gasteiger partial charge in [-0.15, -0.1) is 0 Å². The Hall–Kier alpha value is -3.12. The van der Waals surface area contributed by atoms with E-state index in [-0.39, 0.29) is 5.91 Å². The number of amides is 1. The Kier molecular flexibility index (Phi) is 7.68. The molecule has 1 amide bonds. The molecule has 0 spiro atoms. The number of fused-ring (bicyclic) bond motifs is 1. The number of hydrogen-bond acceptors (Lipinski definition) is 3. The standard InChI is InChI=1S/C28H30BrN3O2/c1-19(2)23-12-11-20(3)17-26(23)34-16-15-32-25-10-5-4-9-24(25)31-27(32)13-14-30-28(33)21-7-6-8-22(29)18-21/h4-12,17-19H,13-16H2,1-3H3,(H,30,33). The summed E-state index contributed by atoms with van der Waals surface area (Å²) in [5.74, 6) is 2.19. The highest BCUT2D eigenvalue weighted by Gasteiger charge is 2.13. The fourth-order valence-electron chi connectivity index (χ4n) is 4.08. The Morgan fingerprint density at radius 2 is 1.91 bits per heavy atom. The second-order valence-electron chi connectivity index (χ2n) is 8.73. The van der Waals surface area contributed by atoms with E-state index in [2.05, 4.69) is 70.9 Å². The number of nitrogens with one attached hydrogen (secondary N) is 1. The number of benzene rings is 3. The Morgan fingerprint density at radius 1 is 1.09 bits per heavy atom. The third kappa shape index (κ3) is 5.68. The molecule has 0 aliphatic carbocycles. The van der Waals surface area contributed by atoms with E-state index in [4.69, 9.17) is 9.72 Å². The number of aryl methyl sites for hydroxylation is 1.